The predicted octanol–water partition coefficient (Wildman–Crippen LogP) is 3.41. The summed E-state index contributed by atoms with van der Waals surface area (Å²) in [6.07, 6.45) is 1.82. The Kier molecular flexibility index (Phi) is 2.43. The molecule has 0 fully saturated rings. The maximum atomic E-state index is 10.3. The highest BCUT2D eigenvalue weighted by atomic mass is 16.3. The van der Waals surface area contributed by atoms with Crippen LogP contribution in [0.5, 0.6) is 0 Å². The van der Waals surface area contributed by atoms with E-state index in [0.29, 0.717) is 0 Å². The molecule has 98 valence electrons. The number of hydrogen-bond acceptors (Lipinski definition) is 2. The summed E-state index contributed by atoms with van der Waals surface area (Å²) in [6.45, 7) is 0. The van der Waals surface area contributed by atoms with Crippen molar-refractivity contribution in [2.24, 2.45) is 0 Å². The van der Waals surface area contributed by atoms with Crippen LogP contribution in [0.15, 0.2) is 54.6 Å². The predicted molar refractivity (Wildman–Crippen MR) is 81.5 cm³/mol. The van der Waals surface area contributed by atoms with Gasteiger partial charge in [0.15, 0.2) is 0 Å². The zero-order valence-electron chi connectivity index (χ0n) is 10.8. The Labute approximate surface area is 116 Å². The molecule has 0 radical (unpaired) electrons. The van der Waals surface area contributed by atoms with E-state index in [2.05, 4.69) is 24.3 Å². The van der Waals surface area contributed by atoms with E-state index in [9.17, 15) is 10.2 Å². The van der Waals surface area contributed by atoms with Gasteiger partial charge in [0.25, 0.3) is 0 Å². The third-order valence-corrected chi connectivity index (χ3v) is 4.09. The van der Waals surface area contributed by atoms with Crippen LogP contribution in [-0.4, -0.2) is 16.3 Å². The number of aliphatic hydroxyl groups is 2. The Balaban J connectivity index is 2.15. The van der Waals surface area contributed by atoms with E-state index in [0.717, 1.165) is 21.9 Å². The number of fused-ring (bicyclic) bond motifs is 5. The summed E-state index contributed by atoms with van der Waals surface area (Å²) in [5.74, 6) is 0. The fraction of sp³-hybridized carbons (Fsp3) is 0.111. The van der Waals surface area contributed by atoms with E-state index >= 15 is 0 Å². The van der Waals surface area contributed by atoms with E-state index in [4.69, 9.17) is 0 Å². The quantitative estimate of drug-likeness (QED) is 0.609. The van der Waals surface area contributed by atoms with Gasteiger partial charge in [0.05, 0.1) is 0 Å². The first-order chi connectivity index (χ1) is 9.75. The van der Waals surface area contributed by atoms with Crippen LogP contribution >= 0.6 is 0 Å². The molecule has 0 heterocycles. The molecule has 0 aliphatic heterocycles. The van der Waals surface area contributed by atoms with Crippen LogP contribution in [0.1, 0.15) is 17.2 Å². The fourth-order valence-electron chi connectivity index (χ4n) is 3.08. The molecule has 0 bridgehead atoms. The van der Waals surface area contributed by atoms with E-state index in [1.807, 2.05) is 30.3 Å². The summed E-state index contributed by atoms with van der Waals surface area (Å²) in [4.78, 5) is 0. The number of rotatable bonds is 0. The molecule has 0 aromatic heterocycles. The highest BCUT2D eigenvalue weighted by Crippen LogP contribution is 2.36. The molecule has 0 saturated heterocycles. The van der Waals surface area contributed by atoms with Crippen LogP contribution in [0, 0.1) is 0 Å². The van der Waals surface area contributed by atoms with Crippen molar-refractivity contribution >= 4 is 27.6 Å². The first-order valence-corrected chi connectivity index (χ1v) is 6.74. The monoisotopic (exact) mass is 262 g/mol. The number of aliphatic hydroxyl groups excluding tert-OH is 2. The Hall–Kier alpha value is -2.16. The van der Waals surface area contributed by atoms with Gasteiger partial charge in [-0.3, -0.25) is 0 Å². The summed E-state index contributed by atoms with van der Waals surface area (Å²) < 4.78 is 0. The van der Waals surface area contributed by atoms with Gasteiger partial charge in [0.2, 0.25) is 0 Å². The lowest BCUT2D eigenvalue weighted by molar-refractivity contribution is 0.0480. The van der Waals surface area contributed by atoms with Gasteiger partial charge in [-0.25, -0.2) is 0 Å². The topological polar surface area (TPSA) is 40.5 Å². The molecule has 2 heteroatoms. The molecule has 0 saturated carbocycles. The maximum Gasteiger partial charge on any atom is 0.110 e. The lowest BCUT2D eigenvalue weighted by atomic mass is 9.87. The minimum atomic E-state index is -0.861. The molecule has 2 N–H and O–H groups in total. The highest BCUT2D eigenvalue weighted by molar-refractivity contribution is 6.09. The Morgan fingerprint density at radius 3 is 2.45 bits per heavy atom. The summed E-state index contributed by atoms with van der Waals surface area (Å²) in [5.41, 5.74) is 1.80. The normalized spacial score (nSPS) is 21.3. The molecule has 0 unspecified atom stereocenters. The largest absolute Gasteiger partial charge is 0.386 e. The van der Waals surface area contributed by atoms with Gasteiger partial charge in [-0.05, 0) is 32.7 Å². The molecule has 0 spiro atoms. The average Bonchev–Trinajstić information content (AvgIpc) is 2.50. The Morgan fingerprint density at radius 2 is 1.55 bits per heavy atom. The highest BCUT2D eigenvalue weighted by Gasteiger charge is 2.24. The molecule has 3 aromatic carbocycles. The Bertz CT molecular complexity index is 849. The first kappa shape index (κ1) is 11.6. The van der Waals surface area contributed by atoms with E-state index in [1.165, 1.54) is 10.8 Å². The van der Waals surface area contributed by atoms with Crippen molar-refractivity contribution < 1.29 is 10.2 Å². The lowest BCUT2D eigenvalue weighted by Gasteiger charge is -2.24. The molecular formula is C18H14O2. The summed E-state index contributed by atoms with van der Waals surface area (Å²) in [7, 11) is 0. The molecule has 3 aromatic rings. The van der Waals surface area contributed by atoms with Gasteiger partial charge in [0, 0.05) is 0 Å². The minimum absolute atomic E-state index is 0.822. The first-order valence-electron chi connectivity index (χ1n) is 6.74. The lowest BCUT2D eigenvalue weighted by Crippen LogP contribution is -2.19. The van der Waals surface area contributed by atoms with Crippen molar-refractivity contribution in [3.63, 3.8) is 0 Å². The van der Waals surface area contributed by atoms with Gasteiger partial charge in [-0.15, -0.1) is 0 Å². The maximum absolute atomic E-state index is 10.3. The summed E-state index contributed by atoms with van der Waals surface area (Å²) in [5, 5.41) is 24.6. The SMILES string of the molecule is O[C@@H]1c2c(ccc3c2ccc2ccccc23)C=C[C@@H]1O. The second-order valence-corrected chi connectivity index (χ2v) is 5.24. The van der Waals surface area contributed by atoms with Crippen LogP contribution in [0.25, 0.3) is 27.6 Å². The van der Waals surface area contributed by atoms with E-state index < -0.39 is 12.2 Å². The van der Waals surface area contributed by atoms with Crippen molar-refractivity contribution in [3.8, 4) is 0 Å². The Morgan fingerprint density at radius 1 is 0.750 bits per heavy atom. The third kappa shape index (κ3) is 1.52. The standard InChI is InChI=1S/C18H14O2/c19-16-10-7-12-6-8-14-13-4-2-1-3-11(13)5-9-15(14)17(12)18(16)20/h1-10,16,18-20H/t16-,18-/m0/s1. The van der Waals surface area contributed by atoms with Crippen molar-refractivity contribution in [2.75, 3.05) is 0 Å². The zero-order chi connectivity index (χ0) is 13.7. The van der Waals surface area contributed by atoms with Gasteiger partial charge >= 0.3 is 0 Å². The second kappa shape index (κ2) is 4.17. The molecule has 0 amide bonds. The minimum Gasteiger partial charge on any atom is -0.386 e. The van der Waals surface area contributed by atoms with Crippen LogP contribution < -0.4 is 0 Å². The van der Waals surface area contributed by atoms with Gasteiger partial charge < -0.3 is 10.2 Å². The van der Waals surface area contributed by atoms with Gasteiger partial charge in [0.1, 0.15) is 12.2 Å². The van der Waals surface area contributed by atoms with Gasteiger partial charge in [-0.2, -0.15) is 0 Å². The molecule has 2 nitrogen and oxygen atoms in total. The number of benzene rings is 3. The van der Waals surface area contributed by atoms with Crippen LogP contribution in [0.2, 0.25) is 0 Å². The van der Waals surface area contributed by atoms with Crippen LogP contribution in [0.3, 0.4) is 0 Å². The molecule has 4 rings (SSSR count). The number of hydrogen-bond donors (Lipinski definition) is 2. The molecule has 1 aliphatic rings. The van der Waals surface area contributed by atoms with Crippen LogP contribution in [-0.2, 0) is 0 Å². The van der Waals surface area contributed by atoms with Crippen molar-refractivity contribution in [1.29, 1.82) is 0 Å². The second-order valence-electron chi connectivity index (χ2n) is 5.24. The molecule has 1 aliphatic carbocycles. The zero-order valence-corrected chi connectivity index (χ0v) is 10.8. The molecule has 20 heavy (non-hydrogen) atoms. The van der Waals surface area contributed by atoms with Crippen molar-refractivity contribution in [2.45, 2.75) is 12.2 Å². The van der Waals surface area contributed by atoms with Gasteiger partial charge in [-0.1, -0.05) is 60.7 Å². The third-order valence-electron chi connectivity index (χ3n) is 4.09. The summed E-state index contributed by atoms with van der Waals surface area (Å²) in [6, 6.07) is 16.4. The summed E-state index contributed by atoms with van der Waals surface area (Å²) >= 11 is 0. The molecular weight excluding hydrogens is 248 g/mol. The van der Waals surface area contributed by atoms with Crippen LogP contribution in [0.4, 0.5) is 0 Å². The average molecular weight is 262 g/mol. The van der Waals surface area contributed by atoms with E-state index in [-0.39, 0.29) is 0 Å². The van der Waals surface area contributed by atoms with Crippen molar-refractivity contribution in [1.82, 2.24) is 0 Å². The molecule has 2 atom stereocenters. The van der Waals surface area contributed by atoms with E-state index in [1.54, 1.807) is 6.08 Å². The smallest absolute Gasteiger partial charge is 0.110 e. The fourth-order valence-corrected chi connectivity index (χ4v) is 3.08. The van der Waals surface area contributed by atoms with Crippen molar-refractivity contribution in [3.05, 3.63) is 65.7 Å².